The van der Waals surface area contributed by atoms with Crippen LogP contribution in [0.3, 0.4) is 0 Å². The van der Waals surface area contributed by atoms with Crippen LogP contribution in [0.5, 0.6) is 11.5 Å². The van der Waals surface area contributed by atoms with Crippen molar-refractivity contribution >= 4 is 29.9 Å². The number of nitrogens with zero attached hydrogens (tertiary/aromatic N) is 2. The first-order chi connectivity index (χ1) is 10.6. The molecule has 0 amide bonds. The largest absolute Gasteiger partial charge is 0.497 e. The molecule has 0 aliphatic carbocycles. The summed E-state index contributed by atoms with van der Waals surface area (Å²) in [5.74, 6) is 0.833. The van der Waals surface area contributed by atoms with Crippen molar-refractivity contribution in [2.45, 2.75) is 13.2 Å². The molecule has 6 nitrogen and oxygen atoms in total. The lowest BCUT2D eigenvalue weighted by molar-refractivity contribution is -0.0505. The van der Waals surface area contributed by atoms with Crippen LogP contribution in [0.1, 0.15) is 5.56 Å². The fraction of sp³-hybridized carbons (Fsp3) is 0.500. The van der Waals surface area contributed by atoms with E-state index in [1.54, 1.807) is 12.1 Å². The van der Waals surface area contributed by atoms with E-state index in [1.807, 2.05) is 4.90 Å². The van der Waals surface area contributed by atoms with Crippen molar-refractivity contribution in [3.8, 4) is 11.5 Å². The van der Waals surface area contributed by atoms with Gasteiger partial charge in [0.05, 0.1) is 26.9 Å². The van der Waals surface area contributed by atoms with E-state index >= 15 is 0 Å². The Balaban J connectivity index is 0.00000264. The number of morpholine rings is 1. The highest BCUT2D eigenvalue weighted by Gasteiger charge is 2.14. The minimum absolute atomic E-state index is 0. The summed E-state index contributed by atoms with van der Waals surface area (Å²) in [6.45, 7) is -0.241. The minimum atomic E-state index is -2.91. The van der Waals surface area contributed by atoms with E-state index in [1.165, 1.54) is 13.2 Å². The molecule has 1 aliphatic heterocycles. The van der Waals surface area contributed by atoms with Gasteiger partial charge in [-0.3, -0.25) is 0 Å². The van der Waals surface area contributed by atoms with E-state index in [0.29, 0.717) is 43.6 Å². The third kappa shape index (κ3) is 5.98. The number of halogens is 3. The van der Waals surface area contributed by atoms with Crippen molar-refractivity contribution in [2.24, 2.45) is 10.7 Å². The Labute approximate surface area is 150 Å². The van der Waals surface area contributed by atoms with E-state index in [-0.39, 0.29) is 36.3 Å². The maximum Gasteiger partial charge on any atom is 0.387 e. The third-order valence-corrected chi connectivity index (χ3v) is 3.24. The highest BCUT2D eigenvalue weighted by Crippen LogP contribution is 2.27. The number of nitrogens with two attached hydrogens (primary N) is 1. The Hall–Kier alpha value is -1.36. The van der Waals surface area contributed by atoms with Crippen molar-refractivity contribution in [1.29, 1.82) is 0 Å². The molecular weight excluding hydrogens is 423 g/mol. The highest BCUT2D eigenvalue weighted by molar-refractivity contribution is 14.0. The van der Waals surface area contributed by atoms with E-state index in [0.717, 1.165) is 0 Å². The summed E-state index contributed by atoms with van der Waals surface area (Å²) in [6, 6.07) is 4.70. The molecule has 1 aromatic carbocycles. The smallest absolute Gasteiger partial charge is 0.387 e. The van der Waals surface area contributed by atoms with E-state index < -0.39 is 6.61 Å². The SMILES string of the molecule is COc1ccc(CN=C(N)N2CCOCC2)c(OC(F)F)c1.I. The van der Waals surface area contributed by atoms with Gasteiger partial charge in [0.25, 0.3) is 0 Å². The Morgan fingerprint density at radius 3 is 2.70 bits per heavy atom. The zero-order chi connectivity index (χ0) is 15.9. The van der Waals surface area contributed by atoms with Crippen molar-refractivity contribution in [3.63, 3.8) is 0 Å². The molecule has 2 rings (SSSR count). The van der Waals surface area contributed by atoms with Gasteiger partial charge in [-0.15, -0.1) is 24.0 Å². The summed E-state index contributed by atoms with van der Waals surface area (Å²) < 4.78 is 39.7. The number of guanidine groups is 1. The number of alkyl halides is 2. The van der Waals surface area contributed by atoms with Gasteiger partial charge in [0, 0.05) is 24.7 Å². The molecule has 0 saturated carbocycles. The highest BCUT2D eigenvalue weighted by atomic mass is 127. The average Bonchev–Trinajstić information content (AvgIpc) is 2.53. The van der Waals surface area contributed by atoms with E-state index in [4.69, 9.17) is 15.2 Å². The zero-order valence-electron chi connectivity index (χ0n) is 12.7. The van der Waals surface area contributed by atoms with Crippen LogP contribution >= 0.6 is 24.0 Å². The first-order valence-corrected chi connectivity index (χ1v) is 6.84. The molecule has 2 N–H and O–H groups in total. The van der Waals surface area contributed by atoms with Gasteiger partial charge in [-0.2, -0.15) is 8.78 Å². The van der Waals surface area contributed by atoms with Gasteiger partial charge in [-0.1, -0.05) is 0 Å². The molecule has 0 unspecified atom stereocenters. The lowest BCUT2D eigenvalue weighted by Gasteiger charge is -2.27. The molecule has 0 spiro atoms. The summed E-state index contributed by atoms with van der Waals surface area (Å²) in [5.41, 5.74) is 6.42. The number of rotatable bonds is 5. The Morgan fingerprint density at radius 2 is 2.09 bits per heavy atom. The van der Waals surface area contributed by atoms with E-state index in [9.17, 15) is 8.78 Å². The van der Waals surface area contributed by atoms with Gasteiger partial charge >= 0.3 is 6.61 Å². The molecule has 9 heteroatoms. The van der Waals surface area contributed by atoms with Crippen LogP contribution in [0.25, 0.3) is 0 Å². The molecule has 1 aromatic rings. The van der Waals surface area contributed by atoms with Gasteiger partial charge < -0.3 is 24.8 Å². The standard InChI is InChI=1S/C14H19F2N3O3.HI/c1-20-11-3-2-10(12(8-11)22-13(15)16)9-18-14(17)19-4-6-21-7-5-19;/h2-3,8,13H,4-7,9H2,1H3,(H2,17,18);1H. The summed E-state index contributed by atoms with van der Waals surface area (Å²) in [5, 5.41) is 0. The second kappa shape index (κ2) is 9.71. The minimum Gasteiger partial charge on any atom is -0.497 e. The normalized spacial score (nSPS) is 15.3. The number of hydrogen-bond donors (Lipinski definition) is 1. The Kier molecular flexibility index (Phi) is 8.31. The number of methoxy groups -OCH3 is 1. The monoisotopic (exact) mass is 443 g/mol. The average molecular weight is 443 g/mol. The number of benzene rings is 1. The maximum atomic E-state index is 12.5. The van der Waals surface area contributed by atoms with Crippen LogP contribution < -0.4 is 15.2 Å². The zero-order valence-corrected chi connectivity index (χ0v) is 15.0. The van der Waals surface area contributed by atoms with Crippen LogP contribution in [-0.2, 0) is 11.3 Å². The second-order valence-electron chi connectivity index (χ2n) is 4.63. The summed E-state index contributed by atoms with van der Waals surface area (Å²) in [4.78, 5) is 6.13. The lowest BCUT2D eigenvalue weighted by Crippen LogP contribution is -2.44. The van der Waals surface area contributed by atoms with Crippen molar-refractivity contribution in [1.82, 2.24) is 4.90 Å². The number of hydrogen-bond acceptors (Lipinski definition) is 4. The predicted octanol–water partition coefficient (Wildman–Crippen LogP) is 2.06. The topological polar surface area (TPSA) is 69.3 Å². The fourth-order valence-corrected chi connectivity index (χ4v) is 2.06. The van der Waals surface area contributed by atoms with Gasteiger partial charge in [-0.25, -0.2) is 4.99 Å². The molecule has 1 fully saturated rings. The molecule has 130 valence electrons. The van der Waals surface area contributed by atoms with Crippen molar-refractivity contribution in [2.75, 3.05) is 33.4 Å². The molecular formula is C14H20F2IN3O3. The molecule has 1 saturated heterocycles. The first kappa shape index (κ1) is 19.7. The molecule has 1 aliphatic rings. The first-order valence-electron chi connectivity index (χ1n) is 6.84. The van der Waals surface area contributed by atoms with Crippen LogP contribution in [0, 0.1) is 0 Å². The Bertz CT molecular complexity index is 526. The van der Waals surface area contributed by atoms with Gasteiger partial charge in [0.1, 0.15) is 11.5 Å². The Morgan fingerprint density at radius 1 is 1.39 bits per heavy atom. The predicted molar refractivity (Wildman–Crippen MR) is 92.8 cm³/mol. The quantitative estimate of drug-likeness (QED) is 0.429. The third-order valence-electron chi connectivity index (χ3n) is 3.24. The van der Waals surface area contributed by atoms with Crippen molar-refractivity contribution in [3.05, 3.63) is 23.8 Å². The van der Waals surface area contributed by atoms with Gasteiger partial charge in [0.2, 0.25) is 0 Å². The van der Waals surface area contributed by atoms with Gasteiger partial charge in [0.15, 0.2) is 5.96 Å². The molecule has 0 atom stereocenters. The fourth-order valence-electron chi connectivity index (χ4n) is 2.06. The van der Waals surface area contributed by atoms with Crippen LogP contribution in [0.4, 0.5) is 8.78 Å². The van der Waals surface area contributed by atoms with Gasteiger partial charge in [-0.05, 0) is 12.1 Å². The molecule has 1 heterocycles. The molecule has 0 radical (unpaired) electrons. The molecule has 0 bridgehead atoms. The van der Waals surface area contributed by atoms with E-state index in [2.05, 4.69) is 9.73 Å². The summed E-state index contributed by atoms with van der Waals surface area (Å²) in [6.07, 6.45) is 0. The maximum absolute atomic E-state index is 12.5. The summed E-state index contributed by atoms with van der Waals surface area (Å²) >= 11 is 0. The lowest BCUT2D eigenvalue weighted by atomic mass is 10.2. The van der Waals surface area contributed by atoms with Crippen LogP contribution in [0.15, 0.2) is 23.2 Å². The van der Waals surface area contributed by atoms with Crippen LogP contribution in [0.2, 0.25) is 0 Å². The van der Waals surface area contributed by atoms with Crippen molar-refractivity contribution < 1.29 is 23.0 Å². The number of ether oxygens (including phenoxy) is 3. The molecule has 23 heavy (non-hydrogen) atoms. The second-order valence-corrected chi connectivity index (χ2v) is 4.63. The van der Waals surface area contributed by atoms with Crippen LogP contribution in [-0.4, -0.2) is 50.9 Å². The summed E-state index contributed by atoms with van der Waals surface area (Å²) in [7, 11) is 1.45. The molecule has 0 aromatic heterocycles. The number of aliphatic imine (C=N–C) groups is 1.